The van der Waals surface area contributed by atoms with Gasteiger partial charge in [-0.1, -0.05) is 30.0 Å². The molecule has 1 aromatic carbocycles. The molecule has 92 valence electrons. The Balaban J connectivity index is 2.16. The van der Waals surface area contributed by atoms with Crippen molar-refractivity contribution in [2.45, 2.75) is 10.8 Å². The molecule has 0 N–H and O–H groups in total. The molecule has 0 bridgehead atoms. The smallest absolute Gasteiger partial charge is 0.273 e. The number of nitro groups is 1. The quantitative estimate of drug-likeness (QED) is 0.279. The summed E-state index contributed by atoms with van der Waals surface area (Å²) in [6.45, 7) is 0. The number of aromatic nitrogens is 1. The third kappa shape index (κ3) is 2.78. The van der Waals surface area contributed by atoms with Crippen LogP contribution in [0.4, 0.5) is 5.69 Å². The van der Waals surface area contributed by atoms with Crippen molar-refractivity contribution in [3.05, 3.63) is 69.5 Å². The zero-order chi connectivity index (χ0) is 13.0. The van der Waals surface area contributed by atoms with Gasteiger partial charge < -0.3 is 5.21 Å². The van der Waals surface area contributed by atoms with Gasteiger partial charge in [0.15, 0.2) is 6.20 Å². The summed E-state index contributed by atoms with van der Waals surface area (Å²) in [5.41, 5.74) is 0.690. The Morgan fingerprint density at radius 2 is 1.89 bits per heavy atom. The number of nitro benzene ring substituents is 1. The van der Waals surface area contributed by atoms with E-state index in [2.05, 4.69) is 0 Å². The first kappa shape index (κ1) is 12.4. The molecule has 0 saturated heterocycles. The van der Waals surface area contributed by atoms with E-state index in [1.54, 1.807) is 36.4 Å². The average Bonchev–Trinajstić information content (AvgIpc) is 2.38. The van der Waals surface area contributed by atoms with Crippen LogP contribution in [0.15, 0.2) is 53.7 Å². The minimum absolute atomic E-state index is 0.0818. The van der Waals surface area contributed by atoms with E-state index in [-0.39, 0.29) is 5.69 Å². The molecule has 0 aliphatic carbocycles. The highest BCUT2D eigenvalue weighted by molar-refractivity contribution is 7.98. The number of benzene rings is 1. The Kier molecular flexibility index (Phi) is 3.78. The van der Waals surface area contributed by atoms with Crippen LogP contribution >= 0.6 is 11.8 Å². The molecule has 18 heavy (non-hydrogen) atoms. The highest BCUT2D eigenvalue weighted by atomic mass is 32.2. The van der Waals surface area contributed by atoms with Crippen molar-refractivity contribution in [2.75, 3.05) is 0 Å². The lowest BCUT2D eigenvalue weighted by Gasteiger charge is -2.03. The molecule has 2 rings (SSSR count). The molecule has 1 aromatic heterocycles. The lowest BCUT2D eigenvalue weighted by molar-refractivity contribution is -0.645. The van der Waals surface area contributed by atoms with Gasteiger partial charge in [-0.05, 0) is 6.07 Å². The van der Waals surface area contributed by atoms with E-state index in [9.17, 15) is 15.3 Å². The summed E-state index contributed by atoms with van der Waals surface area (Å²) in [6, 6.07) is 11.6. The Labute approximate surface area is 108 Å². The van der Waals surface area contributed by atoms with Gasteiger partial charge in [0.1, 0.15) is 0 Å². The zero-order valence-corrected chi connectivity index (χ0v) is 10.2. The van der Waals surface area contributed by atoms with Crippen LogP contribution in [0, 0.1) is 15.3 Å². The average molecular weight is 262 g/mol. The molecule has 1 heterocycles. The molecule has 0 amide bonds. The summed E-state index contributed by atoms with van der Waals surface area (Å²) in [4.78, 5) is 10.4. The monoisotopic (exact) mass is 262 g/mol. The van der Waals surface area contributed by atoms with E-state index in [1.165, 1.54) is 24.0 Å². The van der Waals surface area contributed by atoms with Crippen molar-refractivity contribution in [3.8, 4) is 0 Å². The first-order valence-corrected chi connectivity index (χ1v) is 6.20. The second kappa shape index (κ2) is 5.50. The molecule has 2 aromatic rings. The van der Waals surface area contributed by atoms with E-state index < -0.39 is 4.92 Å². The Bertz CT molecular complexity index is 575. The number of hydrogen-bond donors (Lipinski definition) is 0. The van der Waals surface area contributed by atoms with Gasteiger partial charge in [-0.15, -0.1) is 0 Å². The van der Waals surface area contributed by atoms with Crippen LogP contribution in [0.5, 0.6) is 0 Å². The van der Waals surface area contributed by atoms with Crippen molar-refractivity contribution < 1.29 is 9.65 Å². The van der Waals surface area contributed by atoms with E-state index in [4.69, 9.17) is 0 Å². The van der Waals surface area contributed by atoms with Crippen LogP contribution in [0.1, 0.15) is 5.56 Å². The molecule has 0 saturated carbocycles. The summed E-state index contributed by atoms with van der Waals surface area (Å²) in [7, 11) is 0. The van der Waals surface area contributed by atoms with Crippen LogP contribution in [0.3, 0.4) is 0 Å². The van der Waals surface area contributed by atoms with Crippen molar-refractivity contribution in [1.29, 1.82) is 0 Å². The van der Waals surface area contributed by atoms with Gasteiger partial charge in [0.05, 0.1) is 4.92 Å². The Morgan fingerprint density at radius 3 is 2.61 bits per heavy atom. The zero-order valence-electron chi connectivity index (χ0n) is 9.35. The minimum Gasteiger partial charge on any atom is -0.618 e. The van der Waals surface area contributed by atoms with Crippen molar-refractivity contribution in [3.63, 3.8) is 0 Å². The fourth-order valence-corrected chi connectivity index (χ4v) is 2.40. The number of rotatable bonds is 4. The normalized spacial score (nSPS) is 10.2. The topological polar surface area (TPSA) is 70.1 Å². The third-order valence-corrected chi connectivity index (χ3v) is 3.42. The van der Waals surface area contributed by atoms with Gasteiger partial charge in [0, 0.05) is 29.5 Å². The van der Waals surface area contributed by atoms with Crippen LogP contribution in [0.25, 0.3) is 0 Å². The summed E-state index contributed by atoms with van der Waals surface area (Å²) in [5.74, 6) is 0.392. The number of thioether (sulfide) groups is 1. The SMILES string of the molecule is O=[N+]([O-])c1ccccc1CSc1cccc[n+]1[O-]. The molecule has 0 spiro atoms. The van der Waals surface area contributed by atoms with Gasteiger partial charge in [0.25, 0.3) is 10.7 Å². The van der Waals surface area contributed by atoms with Crippen LogP contribution in [-0.4, -0.2) is 4.92 Å². The lowest BCUT2D eigenvalue weighted by atomic mass is 10.2. The maximum atomic E-state index is 11.4. The van der Waals surface area contributed by atoms with Gasteiger partial charge in [-0.2, -0.15) is 4.73 Å². The molecule has 0 fully saturated rings. The fraction of sp³-hybridized carbons (Fsp3) is 0.0833. The number of pyridine rings is 1. The van der Waals surface area contributed by atoms with Gasteiger partial charge in [-0.25, -0.2) is 0 Å². The fourth-order valence-electron chi connectivity index (χ4n) is 1.49. The van der Waals surface area contributed by atoms with Gasteiger partial charge >= 0.3 is 0 Å². The Hall–Kier alpha value is -2.08. The lowest BCUT2D eigenvalue weighted by Crippen LogP contribution is -2.27. The van der Waals surface area contributed by atoms with Crippen molar-refractivity contribution in [1.82, 2.24) is 0 Å². The van der Waals surface area contributed by atoms with E-state index in [0.29, 0.717) is 16.3 Å². The highest BCUT2D eigenvalue weighted by Gasteiger charge is 2.14. The molecule has 0 aliphatic rings. The maximum Gasteiger partial charge on any atom is 0.273 e. The standard InChI is InChI=1S/C12H10N2O3S/c15-13-8-4-3-7-12(13)18-9-10-5-1-2-6-11(10)14(16)17/h1-8H,9H2. The van der Waals surface area contributed by atoms with Gasteiger partial charge in [0.2, 0.25) is 0 Å². The Morgan fingerprint density at radius 1 is 1.17 bits per heavy atom. The molecular formula is C12H10N2O3S. The number of nitrogens with zero attached hydrogens (tertiary/aromatic N) is 2. The first-order valence-electron chi connectivity index (χ1n) is 5.22. The minimum atomic E-state index is -0.411. The molecule has 0 radical (unpaired) electrons. The molecule has 0 unspecified atom stereocenters. The predicted octanol–water partition coefficient (Wildman–Crippen LogP) is 2.52. The first-order chi connectivity index (χ1) is 8.68. The summed E-state index contributed by atoms with van der Waals surface area (Å²) in [5, 5.41) is 22.8. The second-order valence-corrected chi connectivity index (χ2v) is 4.53. The molecule has 6 heteroatoms. The van der Waals surface area contributed by atoms with E-state index in [0.717, 1.165) is 4.73 Å². The van der Waals surface area contributed by atoms with Crippen LogP contribution < -0.4 is 4.73 Å². The largest absolute Gasteiger partial charge is 0.618 e. The molecule has 0 atom stereocenters. The number of para-hydroxylation sites is 1. The van der Waals surface area contributed by atoms with Crippen LogP contribution in [0.2, 0.25) is 0 Å². The summed E-state index contributed by atoms with van der Waals surface area (Å²) < 4.78 is 0.749. The third-order valence-electron chi connectivity index (χ3n) is 2.35. The molecule has 0 aliphatic heterocycles. The number of hydrogen-bond acceptors (Lipinski definition) is 4. The summed E-state index contributed by atoms with van der Waals surface area (Å²) in [6.07, 6.45) is 1.40. The summed E-state index contributed by atoms with van der Waals surface area (Å²) >= 11 is 1.28. The molecule has 5 nitrogen and oxygen atoms in total. The highest BCUT2D eigenvalue weighted by Crippen LogP contribution is 2.25. The van der Waals surface area contributed by atoms with Crippen LogP contribution in [-0.2, 0) is 5.75 Å². The van der Waals surface area contributed by atoms with Crippen molar-refractivity contribution >= 4 is 17.4 Å². The predicted molar refractivity (Wildman–Crippen MR) is 68.1 cm³/mol. The van der Waals surface area contributed by atoms with Crippen molar-refractivity contribution in [2.24, 2.45) is 0 Å². The maximum absolute atomic E-state index is 11.4. The molecular weight excluding hydrogens is 252 g/mol. The van der Waals surface area contributed by atoms with E-state index in [1.807, 2.05) is 0 Å². The van der Waals surface area contributed by atoms with Gasteiger partial charge in [-0.3, -0.25) is 10.1 Å². The second-order valence-electron chi connectivity index (χ2n) is 3.54. The van der Waals surface area contributed by atoms with E-state index >= 15 is 0 Å².